The first-order valence-electron chi connectivity index (χ1n) is 6.61. The third-order valence-electron chi connectivity index (χ3n) is 4.14. The van der Waals surface area contributed by atoms with Crippen LogP contribution in [0.3, 0.4) is 0 Å². The van der Waals surface area contributed by atoms with E-state index < -0.39 is 0 Å². The summed E-state index contributed by atoms with van der Waals surface area (Å²) >= 11 is 0. The van der Waals surface area contributed by atoms with E-state index >= 15 is 0 Å². The summed E-state index contributed by atoms with van der Waals surface area (Å²) in [5.74, 6) is 0.622. The minimum absolute atomic E-state index is 0.104. The Bertz CT molecular complexity index is 376. The molecule has 0 saturated carbocycles. The van der Waals surface area contributed by atoms with E-state index in [0.717, 1.165) is 32.7 Å². The zero-order valence-electron chi connectivity index (χ0n) is 10.5. The van der Waals surface area contributed by atoms with Crippen LogP contribution in [0.2, 0.25) is 0 Å². The van der Waals surface area contributed by atoms with Crippen LogP contribution < -0.4 is 5.32 Å². The van der Waals surface area contributed by atoms with Crippen molar-refractivity contribution in [3.8, 4) is 0 Å². The molecule has 3 rings (SSSR count). The first-order chi connectivity index (χ1) is 8.30. The van der Waals surface area contributed by atoms with Gasteiger partial charge in [0.25, 0.3) is 0 Å². The maximum Gasteiger partial charge on any atom is 0.0954 e. The molecule has 0 bridgehead atoms. The van der Waals surface area contributed by atoms with Gasteiger partial charge in [0, 0.05) is 31.0 Å². The van der Waals surface area contributed by atoms with Crippen molar-refractivity contribution in [3.05, 3.63) is 18.2 Å². The minimum Gasteiger partial charge on any atom is -0.379 e. The van der Waals surface area contributed by atoms with Crippen molar-refractivity contribution >= 4 is 0 Å². The van der Waals surface area contributed by atoms with Crippen LogP contribution in [0, 0.1) is 0 Å². The van der Waals surface area contributed by atoms with Crippen LogP contribution in [0.25, 0.3) is 0 Å². The molecule has 0 spiro atoms. The van der Waals surface area contributed by atoms with E-state index in [9.17, 15) is 0 Å². The third kappa shape index (κ3) is 2.00. The SMILES string of the molecule is CC1(n2cncc2C2CCNC2)CCCOC1. The van der Waals surface area contributed by atoms with E-state index in [1.54, 1.807) is 0 Å². The van der Waals surface area contributed by atoms with Gasteiger partial charge in [0.05, 0.1) is 18.5 Å². The smallest absolute Gasteiger partial charge is 0.0954 e. The summed E-state index contributed by atoms with van der Waals surface area (Å²) in [4.78, 5) is 4.37. The molecule has 1 N–H and O–H groups in total. The fourth-order valence-electron chi connectivity index (χ4n) is 3.07. The number of hydrogen-bond acceptors (Lipinski definition) is 3. The van der Waals surface area contributed by atoms with Crippen LogP contribution in [0.15, 0.2) is 12.5 Å². The molecule has 2 aliphatic rings. The number of ether oxygens (including phenoxy) is 1. The van der Waals surface area contributed by atoms with Crippen LogP contribution in [-0.4, -0.2) is 35.9 Å². The predicted molar refractivity (Wildman–Crippen MR) is 66.2 cm³/mol. The summed E-state index contributed by atoms with van der Waals surface area (Å²) in [6.07, 6.45) is 7.59. The first kappa shape index (κ1) is 11.2. The van der Waals surface area contributed by atoms with Gasteiger partial charge in [-0.15, -0.1) is 0 Å². The molecule has 2 unspecified atom stereocenters. The summed E-state index contributed by atoms with van der Waals surface area (Å²) in [5, 5.41) is 3.43. The van der Waals surface area contributed by atoms with Gasteiger partial charge in [0.2, 0.25) is 0 Å². The maximum atomic E-state index is 5.66. The van der Waals surface area contributed by atoms with Gasteiger partial charge < -0.3 is 14.6 Å². The van der Waals surface area contributed by atoms with Gasteiger partial charge in [-0.25, -0.2) is 4.98 Å². The van der Waals surface area contributed by atoms with E-state index in [-0.39, 0.29) is 5.54 Å². The Morgan fingerprint density at radius 2 is 2.53 bits per heavy atom. The highest BCUT2D eigenvalue weighted by Gasteiger charge is 2.33. The Morgan fingerprint density at radius 1 is 1.59 bits per heavy atom. The lowest BCUT2D eigenvalue weighted by Gasteiger charge is -2.36. The van der Waals surface area contributed by atoms with Crippen LogP contribution in [-0.2, 0) is 10.3 Å². The van der Waals surface area contributed by atoms with E-state index in [1.165, 1.54) is 18.5 Å². The molecule has 4 nitrogen and oxygen atoms in total. The van der Waals surface area contributed by atoms with E-state index in [0.29, 0.717) is 5.92 Å². The number of rotatable bonds is 2. The summed E-state index contributed by atoms with van der Waals surface area (Å²) in [6.45, 7) is 6.23. The Labute approximate surface area is 102 Å². The molecule has 94 valence electrons. The lowest BCUT2D eigenvalue weighted by molar-refractivity contribution is 0.00791. The largest absolute Gasteiger partial charge is 0.379 e. The molecule has 0 aliphatic carbocycles. The normalized spacial score (nSPS) is 34.1. The second-order valence-electron chi connectivity index (χ2n) is 5.53. The Balaban J connectivity index is 1.89. The van der Waals surface area contributed by atoms with Crippen LogP contribution in [0.4, 0.5) is 0 Å². The summed E-state index contributed by atoms with van der Waals surface area (Å²) < 4.78 is 8.03. The fraction of sp³-hybridized carbons (Fsp3) is 0.769. The zero-order valence-corrected chi connectivity index (χ0v) is 10.5. The van der Waals surface area contributed by atoms with E-state index in [1.807, 2.05) is 12.5 Å². The highest BCUT2D eigenvalue weighted by molar-refractivity contribution is 5.12. The number of nitrogens with zero attached hydrogens (tertiary/aromatic N) is 2. The van der Waals surface area contributed by atoms with Crippen molar-refractivity contribution in [1.82, 2.24) is 14.9 Å². The van der Waals surface area contributed by atoms with E-state index in [4.69, 9.17) is 4.74 Å². The van der Waals surface area contributed by atoms with Gasteiger partial charge in [0.15, 0.2) is 0 Å². The topological polar surface area (TPSA) is 39.1 Å². The highest BCUT2D eigenvalue weighted by Crippen LogP contribution is 2.32. The third-order valence-corrected chi connectivity index (χ3v) is 4.14. The van der Waals surface area contributed by atoms with Crippen LogP contribution in [0.1, 0.15) is 37.8 Å². The monoisotopic (exact) mass is 235 g/mol. The molecule has 2 saturated heterocycles. The average molecular weight is 235 g/mol. The Kier molecular flexibility index (Phi) is 2.92. The predicted octanol–water partition coefficient (Wildman–Crippen LogP) is 1.49. The number of nitrogens with one attached hydrogen (secondary N) is 1. The fourth-order valence-corrected chi connectivity index (χ4v) is 3.07. The van der Waals surface area contributed by atoms with Gasteiger partial charge in [-0.05, 0) is 32.7 Å². The molecule has 1 aromatic heterocycles. The molecule has 0 amide bonds. The number of aromatic nitrogens is 2. The molecule has 2 fully saturated rings. The summed E-state index contributed by atoms with van der Waals surface area (Å²) in [7, 11) is 0. The van der Waals surface area contributed by atoms with Crippen molar-refractivity contribution in [3.63, 3.8) is 0 Å². The highest BCUT2D eigenvalue weighted by atomic mass is 16.5. The molecule has 0 radical (unpaired) electrons. The first-order valence-corrected chi connectivity index (χ1v) is 6.61. The molecule has 2 aliphatic heterocycles. The standard InChI is InChI=1S/C13H21N3O/c1-13(4-2-6-17-9-13)16-10-15-8-12(16)11-3-5-14-7-11/h8,10-11,14H,2-7,9H2,1H3. The van der Waals surface area contributed by atoms with Crippen molar-refractivity contribution in [2.24, 2.45) is 0 Å². The number of imidazole rings is 1. The van der Waals surface area contributed by atoms with Crippen molar-refractivity contribution < 1.29 is 4.74 Å². The molecule has 4 heteroatoms. The average Bonchev–Trinajstić information content (AvgIpc) is 3.01. The molecular weight excluding hydrogens is 214 g/mol. The van der Waals surface area contributed by atoms with Gasteiger partial charge in [-0.2, -0.15) is 0 Å². The van der Waals surface area contributed by atoms with Crippen LogP contribution in [0.5, 0.6) is 0 Å². The minimum atomic E-state index is 0.104. The molecule has 1 aromatic rings. The molecular formula is C13H21N3O. The quantitative estimate of drug-likeness (QED) is 0.844. The Morgan fingerprint density at radius 3 is 3.24 bits per heavy atom. The molecule has 3 heterocycles. The van der Waals surface area contributed by atoms with Crippen molar-refractivity contribution in [1.29, 1.82) is 0 Å². The summed E-state index contributed by atoms with van der Waals surface area (Å²) in [6, 6.07) is 0. The van der Waals surface area contributed by atoms with Crippen molar-refractivity contribution in [2.75, 3.05) is 26.3 Å². The molecule has 17 heavy (non-hydrogen) atoms. The van der Waals surface area contributed by atoms with E-state index in [2.05, 4.69) is 21.8 Å². The lowest BCUT2D eigenvalue weighted by atomic mass is 9.93. The lowest BCUT2D eigenvalue weighted by Crippen LogP contribution is -2.40. The van der Waals surface area contributed by atoms with Crippen molar-refractivity contribution in [2.45, 2.75) is 37.6 Å². The van der Waals surface area contributed by atoms with Gasteiger partial charge in [-0.1, -0.05) is 0 Å². The maximum absolute atomic E-state index is 5.66. The molecule has 0 aromatic carbocycles. The van der Waals surface area contributed by atoms with Crippen LogP contribution >= 0.6 is 0 Å². The zero-order chi connectivity index (χ0) is 11.7. The molecule has 2 atom stereocenters. The van der Waals surface area contributed by atoms with Gasteiger partial charge in [0.1, 0.15) is 0 Å². The second-order valence-corrected chi connectivity index (χ2v) is 5.53. The number of hydrogen-bond donors (Lipinski definition) is 1. The van der Waals surface area contributed by atoms with Gasteiger partial charge >= 0.3 is 0 Å². The summed E-state index contributed by atoms with van der Waals surface area (Å²) in [5.41, 5.74) is 1.48. The second kappa shape index (κ2) is 4.42. The van der Waals surface area contributed by atoms with Gasteiger partial charge in [-0.3, -0.25) is 0 Å². The Hall–Kier alpha value is -0.870.